The van der Waals surface area contributed by atoms with Crippen LogP contribution in [0.4, 0.5) is 11.4 Å². The maximum absolute atomic E-state index is 12.4. The van der Waals surface area contributed by atoms with Crippen LogP contribution < -0.4 is 19.7 Å². The molecule has 1 amide bonds. The Bertz CT molecular complexity index is 789. The Labute approximate surface area is 154 Å². The summed E-state index contributed by atoms with van der Waals surface area (Å²) in [4.78, 5) is 14.7. The Morgan fingerprint density at radius 3 is 2.73 bits per heavy atom. The van der Waals surface area contributed by atoms with Crippen molar-refractivity contribution in [1.82, 2.24) is 0 Å². The number of hydrogen-bond donors (Lipinski definition) is 1. The van der Waals surface area contributed by atoms with E-state index in [0.717, 1.165) is 42.3 Å². The number of methoxy groups -OCH3 is 2. The highest BCUT2D eigenvalue weighted by Crippen LogP contribution is 2.31. The van der Waals surface area contributed by atoms with Crippen molar-refractivity contribution < 1.29 is 14.3 Å². The van der Waals surface area contributed by atoms with Gasteiger partial charge in [0.15, 0.2) is 0 Å². The molecule has 138 valence electrons. The van der Waals surface area contributed by atoms with Crippen molar-refractivity contribution in [2.24, 2.45) is 0 Å². The maximum atomic E-state index is 12.4. The zero-order chi connectivity index (χ0) is 18.5. The number of nitrogens with zero attached hydrogens (tertiary/aromatic N) is 1. The van der Waals surface area contributed by atoms with Crippen molar-refractivity contribution in [2.45, 2.75) is 26.2 Å². The van der Waals surface area contributed by atoms with Crippen molar-refractivity contribution in [3.05, 3.63) is 47.5 Å². The molecule has 1 heterocycles. The van der Waals surface area contributed by atoms with E-state index in [1.807, 2.05) is 24.3 Å². The van der Waals surface area contributed by atoms with E-state index in [9.17, 15) is 4.79 Å². The highest BCUT2D eigenvalue weighted by atomic mass is 16.5. The summed E-state index contributed by atoms with van der Waals surface area (Å²) in [5.74, 6) is 1.53. The molecule has 0 bridgehead atoms. The summed E-state index contributed by atoms with van der Waals surface area (Å²) in [7, 11) is 3.27. The summed E-state index contributed by atoms with van der Waals surface area (Å²) in [6.45, 7) is 4.20. The van der Waals surface area contributed by atoms with E-state index < -0.39 is 0 Å². The number of carbonyl (C=O) groups is 1. The zero-order valence-corrected chi connectivity index (χ0v) is 15.7. The van der Waals surface area contributed by atoms with E-state index >= 15 is 0 Å². The Kier molecular flexibility index (Phi) is 5.66. The molecular formula is C21H26N2O3. The van der Waals surface area contributed by atoms with Gasteiger partial charge in [-0.05, 0) is 61.2 Å². The summed E-state index contributed by atoms with van der Waals surface area (Å²) in [6.07, 6.45) is 2.06. The second kappa shape index (κ2) is 8.13. The quantitative estimate of drug-likeness (QED) is 0.824. The maximum Gasteiger partial charge on any atom is 0.224 e. The number of ether oxygens (including phenoxy) is 2. The first-order valence-corrected chi connectivity index (χ1v) is 9.03. The van der Waals surface area contributed by atoms with Crippen LogP contribution in [0.5, 0.6) is 11.5 Å². The van der Waals surface area contributed by atoms with Gasteiger partial charge in [0.05, 0.1) is 14.2 Å². The minimum atomic E-state index is -0.00383. The van der Waals surface area contributed by atoms with E-state index in [0.29, 0.717) is 12.8 Å². The summed E-state index contributed by atoms with van der Waals surface area (Å²) in [5, 5.41) is 3.01. The molecule has 0 unspecified atom stereocenters. The van der Waals surface area contributed by atoms with Gasteiger partial charge in [-0.15, -0.1) is 0 Å². The van der Waals surface area contributed by atoms with Crippen LogP contribution in [0.1, 0.15) is 24.5 Å². The van der Waals surface area contributed by atoms with Crippen LogP contribution in [0.3, 0.4) is 0 Å². The lowest BCUT2D eigenvalue weighted by molar-refractivity contribution is -0.116. The van der Waals surface area contributed by atoms with Crippen molar-refractivity contribution in [1.29, 1.82) is 0 Å². The molecule has 1 N–H and O–H groups in total. The fraction of sp³-hybridized carbons (Fsp3) is 0.381. The van der Waals surface area contributed by atoms with Crippen LogP contribution >= 0.6 is 0 Å². The predicted octanol–water partition coefficient (Wildman–Crippen LogP) is 3.66. The lowest BCUT2D eigenvalue weighted by Gasteiger charge is -2.17. The first-order chi connectivity index (χ1) is 12.6. The number of rotatable bonds is 7. The standard InChI is InChI=1S/C21H26N2O3/c1-4-23-12-11-15-5-7-17(14-19(15)23)22-21(24)10-6-16-13-18(25-2)8-9-20(16)26-3/h5,7-9,13-14H,4,6,10-12H2,1-3H3,(H,22,24). The molecule has 5 nitrogen and oxygen atoms in total. The number of aryl methyl sites for hydroxylation is 1. The number of hydrogen-bond acceptors (Lipinski definition) is 4. The Balaban J connectivity index is 1.63. The van der Waals surface area contributed by atoms with Gasteiger partial charge in [-0.1, -0.05) is 6.07 Å². The van der Waals surface area contributed by atoms with E-state index in [4.69, 9.17) is 9.47 Å². The summed E-state index contributed by atoms with van der Waals surface area (Å²) in [5.41, 5.74) is 4.41. The SMILES string of the molecule is CCN1CCc2ccc(NC(=O)CCc3cc(OC)ccc3OC)cc21. The van der Waals surface area contributed by atoms with Gasteiger partial charge in [-0.2, -0.15) is 0 Å². The van der Waals surface area contributed by atoms with E-state index in [-0.39, 0.29) is 5.91 Å². The average molecular weight is 354 g/mol. The Morgan fingerprint density at radius 2 is 2.00 bits per heavy atom. The highest BCUT2D eigenvalue weighted by Gasteiger charge is 2.18. The second-order valence-corrected chi connectivity index (χ2v) is 6.40. The minimum Gasteiger partial charge on any atom is -0.497 e. The van der Waals surface area contributed by atoms with Crippen molar-refractivity contribution in [3.8, 4) is 11.5 Å². The van der Waals surface area contributed by atoms with Crippen molar-refractivity contribution in [2.75, 3.05) is 37.5 Å². The lowest BCUT2D eigenvalue weighted by Crippen LogP contribution is -2.19. The van der Waals surface area contributed by atoms with Crippen LogP contribution in [-0.4, -0.2) is 33.2 Å². The van der Waals surface area contributed by atoms with Gasteiger partial charge in [0.2, 0.25) is 5.91 Å². The van der Waals surface area contributed by atoms with Crippen LogP contribution in [0.2, 0.25) is 0 Å². The molecule has 1 aliphatic heterocycles. The third kappa shape index (κ3) is 3.93. The molecular weight excluding hydrogens is 328 g/mol. The van der Waals surface area contributed by atoms with Gasteiger partial charge in [0.1, 0.15) is 11.5 Å². The number of anilines is 2. The van der Waals surface area contributed by atoms with Gasteiger partial charge >= 0.3 is 0 Å². The van der Waals surface area contributed by atoms with Gasteiger partial charge in [-0.3, -0.25) is 4.79 Å². The second-order valence-electron chi connectivity index (χ2n) is 6.40. The minimum absolute atomic E-state index is 0.00383. The molecule has 0 saturated carbocycles. The monoisotopic (exact) mass is 354 g/mol. The Morgan fingerprint density at radius 1 is 1.15 bits per heavy atom. The molecule has 3 rings (SSSR count). The molecule has 1 aliphatic rings. The molecule has 0 aliphatic carbocycles. The molecule has 2 aromatic rings. The topological polar surface area (TPSA) is 50.8 Å². The van der Waals surface area contributed by atoms with Crippen molar-refractivity contribution >= 4 is 17.3 Å². The molecule has 26 heavy (non-hydrogen) atoms. The molecule has 0 radical (unpaired) electrons. The predicted molar refractivity (Wildman–Crippen MR) is 105 cm³/mol. The highest BCUT2D eigenvalue weighted by molar-refractivity contribution is 5.91. The van der Waals surface area contributed by atoms with E-state index in [1.54, 1.807) is 14.2 Å². The fourth-order valence-corrected chi connectivity index (χ4v) is 3.40. The van der Waals surface area contributed by atoms with Gasteiger partial charge in [-0.25, -0.2) is 0 Å². The molecule has 0 fully saturated rings. The van der Waals surface area contributed by atoms with Crippen LogP contribution in [0.25, 0.3) is 0 Å². The third-order valence-corrected chi connectivity index (χ3v) is 4.85. The number of fused-ring (bicyclic) bond motifs is 1. The van der Waals surface area contributed by atoms with Crippen LogP contribution in [-0.2, 0) is 17.6 Å². The lowest BCUT2D eigenvalue weighted by atomic mass is 10.1. The smallest absolute Gasteiger partial charge is 0.224 e. The summed E-state index contributed by atoms with van der Waals surface area (Å²) in [6, 6.07) is 11.8. The fourth-order valence-electron chi connectivity index (χ4n) is 3.40. The van der Waals surface area contributed by atoms with Gasteiger partial charge in [0.25, 0.3) is 0 Å². The normalized spacial score (nSPS) is 12.7. The average Bonchev–Trinajstić information content (AvgIpc) is 3.08. The molecule has 2 aromatic carbocycles. The van der Waals surface area contributed by atoms with Crippen LogP contribution in [0, 0.1) is 0 Å². The third-order valence-electron chi connectivity index (χ3n) is 4.85. The molecule has 0 spiro atoms. The van der Waals surface area contributed by atoms with Crippen LogP contribution in [0.15, 0.2) is 36.4 Å². The summed E-state index contributed by atoms with van der Waals surface area (Å²) < 4.78 is 10.6. The zero-order valence-electron chi connectivity index (χ0n) is 15.7. The van der Waals surface area contributed by atoms with Gasteiger partial charge < -0.3 is 19.7 Å². The molecule has 0 saturated heterocycles. The summed E-state index contributed by atoms with van der Waals surface area (Å²) >= 11 is 0. The molecule has 0 atom stereocenters. The van der Waals surface area contributed by atoms with Crippen molar-refractivity contribution in [3.63, 3.8) is 0 Å². The number of nitrogens with one attached hydrogen (secondary N) is 1. The number of carbonyl (C=O) groups excluding carboxylic acids is 1. The molecule has 5 heteroatoms. The van der Waals surface area contributed by atoms with E-state index in [2.05, 4.69) is 29.3 Å². The number of likely N-dealkylation sites (N-methyl/N-ethyl adjacent to an activating group) is 1. The number of benzene rings is 2. The number of amides is 1. The molecule has 0 aromatic heterocycles. The Hall–Kier alpha value is -2.69. The largest absolute Gasteiger partial charge is 0.497 e. The first-order valence-electron chi connectivity index (χ1n) is 9.03. The van der Waals surface area contributed by atoms with Gasteiger partial charge in [0, 0.05) is 30.9 Å². The van der Waals surface area contributed by atoms with E-state index in [1.165, 1.54) is 11.3 Å². The first kappa shape index (κ1) is 18.1.